The molecule has 0 bridgehead atoms. The summed E-state index contributed by atoms with van der Waals surface area (Å²) >= 11 is 1.91. The van der Waals surface area contributed by atoms with E-state index in [-0.39, 0.29) is 11.8 Å². The van der Waals surface area contributed by atoms with Gasteiger partial charge in [0, 0.05) is 63.1 Å². The van der Waals surface area contributed by atoms with Crippen LogP contribution in [0.5, 0.6) is 5.75 Å². The average molecular weight is 392 g/mol. The van der Waals surface area contributed by atoms with E-state index in [1.165, 1.54) is 0 Å². The number of nitrogens with one attached hydrogen (secondary N) is 1. The highest BCUT2D eigenvalue weighted by atomic mass is 32.2. The zero-order valence-corrected chi connectivity index (χ0v) is 16.8. The van der Waals surface area contributed by atoms with Crippen LogP contribution in [0.15, 0.2) is 24.3 Å². The number of aryl methyl sites for hydroxylation is 1. The second-order valence-electron chi connectivity index (χ2n) is 7.04. The summed E-state index contributed by atoms with van der Waals surface area (Å²) in [6.45, 7) is 3.55. The van der Waals surface area contributed by atoms with Gasteiger partial charge in [-0.15, -0.1) is 0 Å². The highest BCUT2D eigenvalue weighted by molar-refractivity contribution is 7.99. The smallest absolute Gasteiger partial charge is 0.224 e. The van der Waals surface area contributed by atoms with Crippen LogP contribution in [0.4, 0.5) is 0 Å². The highest BCUT2D eigenvalue weighted by Crippen LogP contribution is 2.15. The van der Waals surface area contributed by atoms with Crippen LogP contribution in [-0.4, -0.2) is 79.0 Å². The van der Waals surface area contributed by atoms with E-state index in [0.29, 0.717) is 45.1 Å². The van der Waals surface area contributed by atoms with Gasteiger partial charge in [-0.25, -0.2) is 0 Å². The van der Waals surface area contributed by atoms with Crippen molar-refractivity contribution in [3.05, 3.63) is 29.8 Å². The molecule has 1 N–H and O–H groups in total. The van der Waals surface area contributed by atoms with Crippen molar-refractivity contribution >= 4 is 23.6 Å². The Morgan fingerprint density at radius 1 is 1.11 bits per heavy atom. The molecule has 0 aromatic heterocycles. The number of benzene rings is 1. The Hall–Kier alpha value is -1.73. The lowest BCUT2D eigenvalue weighted by molar-refractivity contribution is -0.139. The zero-order valence-electron chi connectivity index (χ0n) is 16.0. The van der Waals surface area contributed by atoms with Crippen molar-refractivity contribution in [3.63, 3.8) is 0 Å². The van der Waals surface area contributed by atoms with Crippen molar-refractivity contribution in [1.82, 2.24) is 15.1 Å². The van der Waals surface area contributed by atoms with Crippen LogP contribution < -0.4 is 10.1 Å². The Morgan fingerprint density at radius 3 is 2.37 bits per heavy atom. The number of amides is 2. The monoisotopic (exact) mass is 391 g/mol. The maximum absolute atomic E-state index is 12.5. The van der Waals surface area contributed by atoms with E-state index in [1.54, 1.807) is 7.11 Å². The molecule has 27 heavy (non-hydrogen) atoms. The fraction of sp³-hybridized carbons (Fsp3) is 0.600. The second kappa shape index (κ2) is 9.99. The van der Waals surface area contributed by atoms with Gasteiger partial charge in [0.05, 0.1) is 7.11 Å². The predicted molar refractivity (Wildman–Crippen MR) is 108 cm³/mol. The van der Waals surface area contributed by atoms with Crippen LogP contribution in [0.1, 0.15) is 18.4 Å². The minimum absolute atomic E-state index is 0.170. The largest absolute Gasteiger partial charge is 0.497 e. The minimum atomic E-state index is 0.170. The lowest BCUT2D eigenvalue weighted by atomic mass is 10.1. The van der Waals surface area contributed by atoms with Gasteiger partial charge in [0.15, 0.2) is 0 Å². The molecule has 0 saturated carbocycles. The molecule has 148 valence electrons. The van der Waals surface area contributed by atoms with Gasteiger partial charge in [-0.1, -0.05) is 12.1 Å². The molecule has 2 aliphatic rings. The number of nitrogens with zero attached hydrogens (tertiary/aromatic N) is 2. The quantitative estimate of drug-likeness (QED) is 0.794. The maximum atomic E-state index is 12.5. The summed E-state index contributed by atoms with van der Waals surface area (Å²) in [5.74, 6) is 3.34. The summed E-state index contributed by atoms with van der Waals surface area (Å²) < 4.78 is 5.15. The van der Waals surface area contributed by atoms with Crippen LogP contribution in [0, 0.1) is 0 Å². The van der Waals surface area contributed by atoms with Gasteiger partial charge in [-0.2, -0.15) is 11.8 Å². The fourth-order valence-electron chi connectivity index (χ4n) is 3.50. The van der Waals surface area contributed by atoms with Crippen molar-refractivity contribution in [2.75, 3.05) is 51.3 Å². The molecule has 0 spiro atoms. The maximum Gasteiger partial charge on any atom is 0.224 e. The third-order valence-electron chi connectivity index (χ3n) is 5.19. The molecule has 2 heterocycles. The Bertz CT molecular complexity index is 624. The van der Waals surface area contributed by atoms with Gasteiger partial charge in [0.25, 0.3) is 0 Å². The summed E-state index contributed by atoms with van der Waals surface area (Å²) in [7, 11) is 1.65. The lowest BCUT2D eigenvalue weighted by Crippen LogP contribution is -2.52. The molecule has 1 aromatic rings. The van der Waals surface area contributed by atoms with Crippen molar-refractivity contribution in [2.24, 2.45) is 0 Å². The molecule has 0 radical (unpaired) electrons. The Balaban J connectivity index is 1.38. The molecule has 0 aliphatic carbocycles. The first-order chi connectivity index (χ1) is 13.2. The number of ether oxygens (including phenoxy) is 1. The third kappa shape index (κ3) is 5.87. The average Bonchev–Trinajstić information content (AvgIpc) is 2.73. The highest BCUT2D eigenvalue weighted by Gasteiger charge is 2.26. The molecule has 3 rings (SSSR count). The molecule has 2 aliphatic heterocycles. The summed E-state index contributed by atoms with van der Waals surface area (Å²) in [6.07, 6.45) is 1.80. The molecule has 6 nitrogen and oxygen atoms in total. The first-order valence-electron chi connectivity index (χ1n) is 9.65. The first kappa shape index (κ1) is 20.0. The van der Waals surface area contributed by atoms with Crippen molar-refractivity contribution in [2.45, 2.75) is 25.3 Å². The van der Waals surface area contributed by atoms with Crippen molar-refractivity contribution in [3.8, 4) is 5.75 Å². The van der Waals surface area contributed by atoms with Gasteiger partial charge in [0.1, 0.15) is 5.75 Å². The number of piperazine rings is 1. The van der Waals surface area contributed by atoms with E-state index in [0.717, 1.165) is 35.8 Å². The SMILES string of the molecule is COc1ccc(CCC(=O)N2CCN(C(=O)CC3CSCCN3)CC2)cc1. The number of carbonyl (C=O) groups excluding carboxylic acids is 2. The van der Waals surface area contributed by atoms with E-state index < -0.39 is 0 Å². The number of carbonyl (C=O) groups is 2. The molecule has 2 amide bonds. The Kier molecular flexibility index (Phi) is 7.41. The van der Waals surface area contributed by atoms with Gasteiger partial charge < -0.3 is 19.9 Å². The van der Waals surface area contributed by atoms with Crippen LogP contribution in [0.25, 0.3) is 0 Å². The van der Waals surface area contributed by atoms with E-state index in [9.17, 15) is 9.59 Å². The predicted octanol–water partition coefficient (Wildman–Crippen LogP) is 1.39. The number of methoxy groups -OCH3 is 1. The molecule has 1 aromatic carbocycles. The van der Waals surface area contributed by atoms with Crippen LogP contribution in [0.2, 0.25) is 0 Å². The third-order valence-corrected chi connectivity index (χ3v) is 6.32. The van der Waals surface area contributed by atoms with Gasteiger partial charge in [0.2, 0.25) is 11.8 Å². The minimum Gasteiger partial charge on any atom is -0.497 e. The van der Waals surface area contributed by atoms with E-state index in [4.69, 9.17) is 4.74 Å². The van der Waals surface area contributed by atoms with Gasteiger partial charge in [-0.3, -0.25) is 9.59 Å². The number of hydrogen-bond acceptors (Lipinski definition) is 5. The summed E-state index contributed by atoms with van der Waals surface area (Å²) in [5, 5.41) is 3.41. The van der Waals surface area contributed by atoms with Gasteiger partial charge in [-0.05, 0) is 24.1 Å². The summed E-state index contributed by atoms with van der Waals surface area (Å²) in [5.41, 5.74) is 1.14. The zero-order chi connectivity index (χ0) is 19.1. The normalized spacial score (nSPS) is 20.4. The molecular formula is C20H29N3O3S. The topological polar surface area (TPSA) is 61.9 Å². The second-order valence-corrected chi connectivity index (χ2v) is 8.19. The van der Waals surface area contributed by atoms with E-state index >= 15 is 0 Å². The summed E-state index contributed by atoms with van der Waals surface area (Å²) in [4.78, 5) is 28.7. The standard InChI is InChI=1S/C20H29N3O3S/c1-26-18-5-2-16(3-6-18)4-7-19(24)22-9-11-23(12-10-22)20(25)14-17-15-27-13-8-21-17/h2-3,5-6,17,21H,4,7-15H2,1H3. The van der Waals surface area contributed by atoms with Crippen molar-refractivity contribution in [1.29, 1.82) is 0 Å². The molecule has 2 saturated heterocycles. The molecule has 1 atom stereocenters. The number of thioether (sulfide) groups is 1. The molecule has 1 unspecified atom stereocenters. The van der Waals surface area contributed by atoms with Gasteiger partial charge >= 0.3 is 0 Å². The molecule has 2 fully saturated rings. The molecule has 7 heteroatoms. The number of rotatable bonds is 6. The van der Waals surface area contributed by atoms with E-state index in [1.807, 2.05) is 45.8 Å². The fourth-order valence-corrected chi connectivity index (χ4v) is 4.45. The molecular weight excluding hydrogens is 362 g/mol. The van der Waals surface area contributed by atoms with Crippen LogP contribution in [-0.2, 0) is 16.0 Å². The van der Waals surface area contributed by atoms with Crippen LogP contribution in [0.3, 0.4) is 0 Å². The Labute approximate surface area is 165 Å². The van der Waals surface area contributed by atoms with Crippen molar-refractivity contribution < 1.29 is 14.3 Å². The number of hydrogen-bond donors (Lipinski definition) is 1. The lowest BCUT2D eigenvalue weighted by Gasteiger charge is -2.36. The Morgan fingerprint density at radius 2 is 1.78 bits per heavy atom. The van der Waals surface area contributed by atoms with E-state index in [2.05, 4.69) is 5.32 Å². The summed E-state index contributed by atoms with van der Waals surface area (Å²) in [6, 6.07) is 8.13. The first-order valence-corrected chi connectivity index (χ1v) is 10.8. The van der Waals surface area contributed by atoms with Crippen LogP contribution >= 0.6 is 11.8 Å².